The van der Waals surface area contributed by atoms with E-state index in [-0.39, 0.29) is 13.0 Å². The first kappa shape index (κ1) is 28.5. The molecule has 200 valence electrons. The van der Waals surface area contributed by atoms with Crippen LogP contribution in [0.1, 0.15) is 22.4 Å². The third-order valence-corrected chi connectivity index (χ3v) is 7.04. The number of rotatable bonds is 11. The number of hydrogen-bond donors (Lipinski definition) is 3. The van der Waals surface area contributed by atoms with Gasteiger partial charge in [-0.05, 0) is 74.0 Å². The highest BCUT2D eigenvalue weighted by Gasteiger charge is 2.22. The highest BCUT2D eigenvalue weighted by molar-refractivity contribution is 14.1. The number of halogens is 2. The number of ether oxygens (including phenoxy) is 2. The van der Waals surface area contributed by atoms with E-state index in [1.165, 1.54) is 6.33 Å². The molecule has 2 amide bonds. The molecule has 1 atom stereocenters. The summed E-state index contributed by atoms with van der Waals surface area (Å²) in [5.74, 6) is 0.295. The molecule has 4 rings (SSSR count). The van der Waals surface area contributed by atoms with Crippen LogP contribution in [0.15, 0.2) is 90.4 Å². The molecule has 0 unspecified atom stereocenters. The van der Waals surface area contributed by atoms with Gasteiger partial charge in [-0.1, -0.05) is 60.7 Å². The van der Waals surface area contributed by atoms with Crippen LogP contribution in [0.4, 0.5) is 4.79 Å². The molecule has 0 aliphatic heterocycles. The molecule has 1 aromatic heterocycles. The molecule has 4 aromatic rings. The van der Waals surface area contributed by atoms with E-state index in [2.05, 4.69) is 71.0 Å². The summed E-state index contributed by atoms with van der Waals surface area (Å²) >= 11 is 4.43. The Bertz CT molecular complexity index is 1380. The predicted molar refractivity (Wildman–Crippen MR) is 164 cm³/mol. The lowest BCUT2D eigenvalue weighted by atomic mass is 10.1. The Morgan fingerprint density at radius 3 is 2.23 bits per heavy atom. The fourth-order valence-electron chi connectivity index (χ4n) is 3.50. The second-order valence-corrected chi connectivity index (χ2v) is 10.7. The normalized spacial score (nSPS) is 11.6. The second-order valence-electron chi connectivity index (χ2n) is 8.36. The van der Waals surface area contributed by atoms with E-state index in [9.17, 15) is 9.59 Å². The van der Waals surface area contributed by atoms with Gasteiger partial charge >= 0.3 is 6.09 Å². The molecule has 0 bridgehead atoms. The fourth-order valence-corrected chi connectivity index (χ4v) is 5.63. The summed E-state index contributed by atoms with van der Waals surface area (Å²) in [5, 5.41) is 6.72. The van der Waals surface area contributed by atoms with Gasteiger partial charge in [0.1, 0.15) is 25.0 Å². The van der Waals surface area contributed by atoms with Gasteiger partial charge in [0.15, 0.2) is 0 Å². The third kappa shape index (κ3) is 9.06. The van der Waals surface area contributed by atoms with Crippen molar-refractivity contribution in [2.24, 2.45) is 5.10 Å². The number of amides is 2. The molecule has 0 fully saturated rings. The van der Waals surface area contributed by atoms with Gasteiger partial charge in [0.2, 0.25) is 0 Å². The van der Waals surface area contributed by atoms with Crippen LogP contribution in [0, 0.1) is 7.14 Å². The lowest BCUT2D eigenvalue weighted by Gasteiger charge is -2.16. The lowest BCUT2D eigenvalue weighted by molar-refractivity contribution is -0.123. The van der Waals surface area contributed by atoms with Gasteiger partial charge in [-0.2, -0.15) is 5.10 Å². The third-order valence-electron chi connectivity index (χ3n) is 5.44. The molecule has 0 saturated heterocycles. The van der Waals surface area contributed by atoms with Crippen LogP contribution in [0.2, 0.25) is 0 Å². The number of nitrogens with one attached hydrogen (secondary N) is 3. The number of aromatic nitrogens is 2. The maximum atomic E-state index is 12.9. The van der Waals surface area contributed by atoms with E-state index in [0.717, 1.165) is 29.6 Å². The van der Waals surface area contributed by atoms with Gasteiger partial charge in [0.05, 0.1) is 19.7 Å². The molecule has 1 heterocycles. The maximum Gasteiger partial charge on any atom is 0.408 e. The second kappa shape index (κ2) is 14.6. The molecule has 3 N–H and O–H groups in total. The molecule has 0 aliphatic carbocycles. The molecule has 0 aliphatic rings. The van der Waals surface area contributed by atoms with Crippen molar-refractivity contribution >= 4 is 63.4 Å². The highest BCUT2D eigenvalue weighted by atomic mass is 127. The van der Waals surface area contributed by atoms with Crippen LogP contribution in [0.25, 0.3) is 0 Å². The summed E-state index contributed by atoms with van der Waals surface area (Å²) in [6.07, 6.45) is 4.12. The molecule has 9 nitrogen and oxygen atoms in total. The number of carbonyl (C=O) groups excluding carboxylic acids is 2. The minimum absolute atomic E-state index is 0.0888. The van der Waals surface area contributed by atoms with Crippen molar-refractivity contribution < 1.29 is 19.1 Å². The van der Waals surface area contributed by atoms with E-state index >= 15 is 0 Å². The van der Waals surface area contributed by atoms with E-state index < -0.39 is 18.0 Å². The number of aromatic amines is 1. The van der Waals surface area contributed by atoms with Crippen LogP contribution >= 0.6 is 45.2 Å². The van der Waals surface area contributed by atoms with Crippen molar-refractivity contribution in [1.82, 2.24) is 20.7 Å². The van der Waals surface area contributed by atoms with E-state index in [1.807, 2.05) is 72.8 Å². The average Bonchev–Trinajstić information content (AvgIpc) is 3.45. The van der Waals surface area contributed by atoms with Gasteiger partial charge < -0.3 is 19.8 Å². The summed E-state index contributed by atoms with van der Waals surface area (Å²) in [5.41, 5.74) is 5.90. The van der Waals surface area contributed by atoms with Crippen molar-refractivity contribution in [2.45, 2.75) is 25.7 Å². The van der Waals surface area contributed by atoms with Gasteiger partial charge in [0, 0.05) is 18.3 Å². The summed E-state index contributed by atoms with van der Waals surface area (Å²) in [6, 6.07) is 22.1. The predicted octanol–water partition coefficient (Wildman–Crippen LogP) is 5.19. The topological polar surface area (TPSA) is 118 Å². The Morgan fingerprint density at radius 1 is 0.974 bits per heavy atom. The van der Waals surface area contributed by atoms with Gasteiger partial charge in [-0.3, -0.25) is 4.79 Å². The SMILES string of the molecule is O=C(N[C@H](Cc1cnc[nH]1)C(=O)N/N=C\c1cc(I)c(OCc2ccccc2)c(I)c1)OCc1ccccc1. The number of imidazole rings is 1. The Hall–Kier alpha value is -3.46. The molecule has 3 aromatic carbocycles. The quantitative estimate of drug-likeness (QED) is 0.111. The summed E-state index contributed by atoms with van der Waals surface area (Å²) in [7, 11) is 0. The van der Waals surface area contributed by atoms with Crippen LogP contribution in [-0.4, -0.2) is 34.2 Å². The molecule has 0 radical (unpaired) electrons. The standard InChI is InChI=1S/C28H25I2N5O4/c29-23-11-21(12-24(30)26(23)38-16-19-7-3-1-4-8-19)14-33-35-27(36)25(13-22-15-31-18-32-22)34-28(37)39-17-20-9-5-2-6-10-20/h1-12,14-15,18,25H,13,16-17H2,(H,31,32)(H,34,37)(H,35,36)/b33-14-/t25-/m1/s1. The van der Waals surface area contributed by atoms with E-state index in [1.54, 1.807) is 12.4 Å². The number of nitrogens with zero attached hydrogens (tertiary/aromatic N) is 2. The zero-order valence-corrected chi connectivity index (χ0v) is 25.0. The minimum Gasteiger partial charge on any atom is -0.487 e. The summed E-state index contributed by atoms with van der Waals surface area (Å²) in [4.78, 5) is 32.3. The summed E-state index contributed by atoms with van der Waals surface area (Å²) in [6.45, 7) is 0.556. The fraction of sp³-hybridized carbons (Fsp3) is 0.143. The zero-order chi connectivity index (χ0) is 27.5. The first-order valence-electron chi connectivity index (χ1n) is 11.9. The molecule has 39 heavy (non-hydrogen) atoms. The van der Waals surface area contributed by atoms with Crippen molar-refractivity contribution in [3.63, 3.8) is 0 Å². The van der Waals surface area contributed by atoms with Gasteiger partial charge in [-0.15, -0.1) is 0 Å². The van der Waals surface area contributed by atoms with E-state index in [4.69, 9.17) is 9.47 Å². The van der Waals surface area contributed by atoms with Crippen LogP contribution in [0.3, 0.4) is 0 Å². The van der Waals surface area contributed by atoms with Gasteiger partial charge in [-0.25, -0.2) is 15.2 Å². The Labute approximate surface area is 253 Å². The Kier molecular flexibility index (Phi) is 10.7. The number of hydrazone groups is 1. The van der Waals surface area contributed by atoms with E-state index in [0.29, 0.717) is 12.3 Å². The molecular weight excluding hydrogens is 724 g/mol. The Morgan fingerprint density at radius 2 is 1.62 bits per heavy atom. The first-order chi connectivity index (χ1) is 19.0. The summed E-state index contributed by atoms with van der Waals surface area (Å²) < 4.78 is 13.1. The Balaban J connectivity index is 1.35. The number of alkyl carbamates (subject to hydrolysis) is 1. The number of hydrogen-bond acceptors (Lipinski definition) is 6. The number of H-pyrrole nitrogens is 1. The van der Waals surface area contributed by atoms with Crippen LogP contribution in [-0.2, 0) is 29.2 Å². The number of carbonyl (C=O) groups is 2. The maximum absolute atomic E-state index is 12.9. The monoisotopic (exact) mass is 749 g/mol. The molecule has 11 heteroatoms. The van der Waals surface area contributed by atoms with Crippen molar-refractivity contribution in [3.8, 4) is 5.75 Å². The first-order valence-corrected chi connectivity index (χ1v) is 14.1. The van der Waals surface area contributed by atoms with Crippen LogP contribution in [0.5, 0.6) is 5.75 Å². The lowest BCUT2D eigenvalue weighted by Crippen LogP contribution is -2.47. The molecular formula is C28H25I2N5O4. The zero-order valence-electron chi connectivity index (χ0n) is 20.6. The largest absolute Gasteiger partial charge is 0.487 e. The average molecular weight is 749 g/mol. The molecule has 0 spiro atoms. The molecule has 0 saturated carbocycles. The van der Waals surface area contributed by atoms with Crippen molar-refractivity contribution in [2.75, 3.05) is 0 Å². The van der Waals surface area contributed by atoms with Crippen molar-refractivity contribution in [3.05, 3.63) is 115 Å². The minimum atomic E-state index is -0.931. The van der Waals surface area contributed by atoms with Crippen LogP contribution < -0.4 is 15.5 Å². The smallest absolute Gasteiger partial charge is 0.408 e. The highest BCUT2D eigenvalue weighted by Crippen LogP contribution is 2.29. The van der Waals surface area contributed by atoms with Crippen molar-refractivity contribution in [1.29, 1.82) is 0 Å². The number of benzene rings is 3. The van der Waals surface area contributed by atoms with Gasteiger partial charge in [0.25, 0.3) is 5.91 Å².